The van der Waals surface area contributed by atoms with Gasteiger partial charge in [-0.2, -0.15) is 0 Å². The number of benzene rings is 2. The zero-order chi connectivity index (χ0) is 14.0. The molecule has 0 amide bonds. The first-order chi connectivity index (χ1) is 9.72. The van der Waals surface area contributed by atoms with E-state index in [4.69, 9.17) is 0 Å². The van der Waals surface area contributed by atoms with Crippen LogP contribution in [-0.2, 0) is 4.08 Å². The van der Waals surface area contributed by atoms with Crippen LogP contribution in [0.3, 0.4) is 0 Å². The predicted molar refractivity (Wildman–Crippen MR) is 85.2 cm³/mol. The number of thioether (sulfide) groups is 2. The van der Waals surface area contributed by atoms with Gasteiger partial charge in [0.1, 0.15) is 4.08 Å². The van der Waals surface area contributed by atoms with Gasteiger partial charge in [-0.15, -0.1) is 23.5 Å². The fourth-order valence-electron chi connectivity index (χ4n) is 2.37. The average Bonchev–Trinajstić information content (AvgIpc) is 2.99. The summed E-state index contributed by atoms with van der Waals surface area (Å²) < 4.78 is -0.129. The van der Waals surface area contributed by atoms with Gasteiger partial charge in [-0.1, -0.05) is 30.3 Å². The van der Waals surface area contributed by atoms with Crippen LogP contribution in [0.15, 0.2) is 54.6 Å². The highest BCUT2D eigenvalue weighted by Crippen LogP contribution is 2.56. The molecule has 2 aromatic rings. The molecule has 3 nitrogen and oxygen atoms in total. The van der Waals surface area contributed by atoms with Crippen LogP contribution in [0.1, 0.15) is 11.1 Å². The fraction of sp³-hybridized carbons (Fsp3) is 0.200. The maximum atomic E-state index is 10.8. The maximum Gasteiger partial charge on any atom is 0.269 e. The Labute approximate surface area is 125 Å². The molecule has 0 aliphatic carbocycles. The lowest BCUT2D eigenvalue weighted by Crippen LogP contribution is -2.16. The Bertz CT molecular complexity index is 608. The number of nitro groups is 1. The number of nitrogens with zero attached hydrogens (tertiary/aromatic N) is 1. The highest BCUT2D eigenvalue weighted by Gasteiger charge is 2.39. The topological polar surface area (TPSA) is 43.1 Å². The Morgan fingerprint density at radius 1 is 0.900 bits per heavy atom. The third-order valence-electron chi connectivity index (χ3n) is 3.31. The second-order valence-electron chi connectivity index (χ2n) is 4.48. The van der Waals surface area contributed by atoms with Gasteiger partial charge in [-0.05, 0) is 23.3 Å². The molecule has 5 heteroatoms. The van der Waals surface area contributed by atoms with Crippen LogP contribution in [0, 0.1) is 10.1 Å². The molecule has 1 heterocycles. The van der Waals surface area contributed by atoms with E-state index in [1.807, 2.05) is 53.9 Å². The third-order valence-corrected chi connectivity index (χ3v) is 6.84. The molecular formula is C15H13NO2S2. The van der Waals surface area contributed by atoms with E-state index < -0.39 is 0 Å². The van der Waals surface area contributed by atoms with Crippen molar-refractivity contribution in [2.75, 3.05) is 11.5 Å². The lowest BCUT2D eigenvalue weighted by molar-refractivity contribution is -0.384. The summed E-state index contributed by atoms with van der Waals surface area (Å²) in [4.78, 5) is 10.4. The molecule has 0 radical (unpaired) electrons. The highest BCUT2D eigenvalue weighted by molar-refractivity contribution is 8.20. The van der Waals surface area contributed by atoms with Crippen LogP contribution in [0.5, 0.6) is 0 Å². The molecule has 0 saturated carbocycles. The highest BCUT2D eigenvalue weighted by atomic mass is 32.2. The second-order valence-corrected chi connectivity index (χ2v) is 7.36. The Morgan fingerprint density at radius 3 is 2.00 bits per heavy atom. The normalized spacial score (nSPS) is 17.0. The van der Waals surface area contributed by atoms with E-state index in [9.17, 15) is 10.1 Å². The Balaban J connectivity index is 2.05. The molecule has 1 fully saturated rings. The summed E-state index contributed by atoms with van der Waals surface area (Å²) in [7, 11) is 0. The minimum Gasteiger partial charge on any atom is -0.258 e. The molecular weight excluding hydrogens is 290 g/mol. The lowest BCUT2D eigenvalue weighted by atomic mass is 10.0. The van der Waals surface area contributed by atoms with Crippen LogP contribution in [-0.4, -0.2) is 16.4 Å². The summed E-state index contributed by atoms with van der Waals surface area (Å²) in [6.07, 6.45) is 0. The van der Waals surface area contributed by atoms with Crippen molar-refractivity contribution in [2.24, 2.45) is 0 Å². The summed E-state index contributed by atoms with van der Waals surface area (Å²) in [5, 5.41) is 10.8. The number of non-ortho nitro benzene ring substituents is 1. The van der Waals surface area contributed by atoms with E-state index in [0.29, 0.717) is 0 Å². The molecule has 1 saturated heterocycles. The second kappa shape index (κ2) is 5.50. The van der Waals surface area contributed by atoms with Gasteiger partial charge in [0, 0.05) is 23.6 Å². The molecule has 102 valence electrons. The van der Waals surface area contributed by atoms with Crippen molar-refractivity contribution in [3.05, 3.63) is 75.8 Å². The SMILES string of the molecule is O=[N+]([O-])c1ccc(C2(c3ccccc3)SCCS2)cc1. The van der Waals surface area contributed by atoms with Gasteiger partial charge in [0.15, 0.2) is 0 Å². The standard InChI is InChI=1S/C15H13NO2S2/c17-16(18)14-8-6-13(7-9-14)15(19-10-11-20-15)12-4-2-1-3-5-12/h1-9H,10-11H2. The molecule has 0 spiro atoms. The first-order valence-corrected chi connectivity index (χ1v) is 8.28. The smallest absolute Gasteiger partial charge is 0.258 e. The third kappa shape index (κ3) is 2.31. The minimum absolute atomic E-state index is 0.129. The van der Waals surface area contributed by atoms with Crippen molar-refractivity contribution in [1.29, 1.82) is 0 Å². The van der Waals surface area contributed by atoms with Crippen LogP contribution >= 0.6 is 23.5 Å². The van der Waals surface area contributed by atoms with Gasteiger partial charge >= 0.3 is 0 Å². The molecule has 0 unspecified atom stereocenters. The lowest BCUT2D eigenvalue weighted by Gasteiger charge is -2.28. The number of nitro benzene ring substituents is 1. The number of hydrogen-bond acceptors (Lipinski definition) is 4. The summed E-state index contributed by atoms with van der Waals surface area (Å²) >= 11 is 3.81. The van der Waals surface area contributed by atoms with Crippen LogP contribution < -0.4 is 0 Å². The molecule has 1 aliphatic rings. The van der Waals surface area contributed by atoms with E-state index in [1.165, 1.54) is 5.56 Å². The van der Waals surface area contributed by atoms with Crippen LogP contribution in [0.2, 0.25) is 0 Å². The van der Waals surface area contributed by atoms with E-state index in [2.05, 4.69) is 12.1 Å². The molecule has 0 atom stereocenters. The predicted octanol–water partition coefficient (Wildman–Crippen LogP) is 4.28. The van der Waals surface area contributed by atoms with Gasteiger partial charge in [-0.3, -0.25) is 10.1 Å². The minimum atomic E-state index is -0.353. The van der Waals surface area contributed by atoms with Gasteiger partial charge < -0.3 is 0 Å². The zero-order valence-electron chi connectivity index (χ0n) is 10.7. The van der Waals surface area contributed by atoms with E-state index in [1.54, 1.807) is 12.1 Å². The van der Waals surface area contributed by atoms with Crippen molar-refractivity contribution in [3.8, 4) is 0 Å². The molecule has 2 aromatic carbocycles. The van der Waals surface area contributed by atoms with Crippen LogP contribution in [0.4, 0.5) is 5.69 Å². The van der Waals surface area contributed by atoms with Crippen molar-refractivity contribution in [1.82, 2.24) is 0 Å². The summed E-state index contributed by atoms with van der Waals surface area (Å²) in [6.45, 7) is 0. The fourth-order valence-corrected chi connectivity index (χ4v) is 5.66. The molecule has 0 aromatic heterocycles. The summed E-state index contributed by atoms with van der Waals surface area (Å²) in [6, 6.07) is 17.3. The zero-order valence-corrected chi connectivity index (χ0v) is 12.3. The van der Waals surface area contributed by atoms with E-state index in [0.717, 1.165) is 17.1 Å². The quantitative estimate of drug-likeness (QED) is 0.627. The van der Waals surface area contributed by atoms with Gasteiger partial charge in [0.25, 0.3) is 5.69 Å². The van der Waals surface area contributed by atoms with Gasteiger partial charge in [0.05, 0.1) is 4.92 Å². The summed E-state index contributed by atoms with van der Waals surface area (Å²) in [5.41, 5.74) is 2.52. The largest absolute Gasteiger partial charge is 0.269 e. The maximum absolute atomic E-state index is 10.8. The summed E-state index contributed by atoms with van der Waals surface area (Å²) in [5.74, 6) is 2.19. The molecule has 20 heavy (non-hydrogen) atoms. The number of rotatable bonds is 3. The van der Waals surface area contributed by atoms with Gasteiger partial charge in [0.2, 0.25) is 0 Å². The van der Waals surface area contributed by atoms with E-state index in [-0.39, 0.29) is 14.7 Å². The van der Waals surface area contributed by atoms with Crippen molar-refractivity contribution >= 4 is 29.2 Å². The first-order valence-electron chi connectivity index (χ1n) is 6.31. The van der Waals surface area contributed by atoms with Crippen molar-refractivity contribution < 1.29 is 4.92 Å². The van der Waals surface area contributed by atoms with Crippen LogP contribution in [0.25, 0.3) is 0 Å². The van der Waals surface area contributed by atoms with Crippen molar-refractivity contribution in [3.63, 3.8) is 0 Å². The monoisotopic (exact) mass is 303 g/mol. The molecule has 0 bridgehead atoms. The first kappa shape index (κ1) is 13.5. The van der Waals surface area contributed by atoms with E-state index >= 15 is 0 Å². The molecule has 1 aliphatic heterocycles. The molecule has 0 N–H and O–H groups in total. The Morgan fingerprint density at radius 2 is 1.45 bits per heavy atom. The Hall–Kier alpha value is -1.46. The van der Waals surface area contributed by atoms with Crippen molar-refractivity contribution in [2.45, 2.75) is 4.08 Å². The molecule has 3 rings (SSSR count). The average molecular weight is 303 g/mol. The number of hydrogen-bond donors (Lipinski definition) is 0. The van der Waals surface area contributed by atoms with Gasteiger partial charge in [-0.25, -0.2) is 0 Å². The Kier molecular flexibility index (Phi) is 3.72.